The van der Waals surface area contributed by atoms with Crippen molar-refractivity contribution < 1.29 is 4.74 Å². The lowest BCUT2D eigenvalue weighted by molar-refractivity contribution is 0.308. The maximum Gasteiger partial charge on any atom is 0.205 e. The van der Waals surface area contributed by atoms with E-state index in [1.807, 2.05) is 66.7 Å². The monoisotopic (exact) mass is 510 g/mol. The summed E-state index contributed by atoms with van der Waals surface area (Å²) in [5.41, 5.74) is -0.156. The lowest BCUT2D eigenvalue weighted by Crippen LogP contribution is -2.09. The molecule has 0 N–H and O–H groups in total. The highest BCUT2D eigenvalue weighted by Gasteiger charge is 2.14. The lowest BCUT2D eigenvalue weighted by Gasteiger charge is -2.12. The quantitative estimate of drug-likeness (QED) is 0.203. The van der Waals surface area contributed by atoms with Gasteiger partial charge in [0.2, 0.25) is 10.9 Å². The van der Waals surface area contributed by atoms with E-state index < -0.39 is 0 Å². The Morgan fingerprint density at radius 1 is 0.639 bits per heavy atom. The first-order valence-corrected chi connectivity index (χ1v) is 14.2. The third-order valence-electron chi connectivity index (χ3n) is 6.87. The molecular formula is C31H26O3S2. The van der Waals surface area contributed by atoms with Crippen LogP contribution in [0.15, 0.2) is 76.3 Å². The Labute approximate surface area is 216 Å². The average molecular weight is 511 g/mol. The summed E-state index contributed by atoms with van der Waals surface area (Å²) in [6.45, 7) is 2.89. The SMILES string of the molecule is CCCCCCCOc1ccc2c(=O)/c(=c3\sc4cccc5cccc(c3=O)c54)sc3cccc1c32. The summed E-state index contributed by atoms with van der Waals surface area (Å²) in [6, 6.07) is 21.7. The molecular weight excluding hydrogens is 484 g/mol. The Kier molecular flexibility index (Phi) is 6.20. The minimum atomic E-state index is -0.0859. The molecule has 0 radical (unpaired) electrons. The van der Waals surface area contributed by atoms with Crippen LogP contribution in [0.3, 0.4) is 0 Å². The van der Waals surface area contributed by atoms with Crippen LogP contribution in [0, 0.1) is 9.06 Å². The first-order valence-electron chi connectivity index (χ1n) is 12.6. The van der Waals surface area contributed by atoms with Gasteiger partial charge in [0.25, 0.3) is 0 Å². The molecule has 0 atom stereocenters. The Bertz CT molecular complexity index is 1930. The first kappa shape index (κ1) is 23.1. The maximum absolute atomic E-state index is 13.8. The second-order valence-electron chi connectivity index (χ2n) is 9.23. The average Bonchev–Trinajstić information content (AvgIpc) is 2.91. The van der Waals surface area contributed by atoms with Gasteiger partial charge >= 0.3 is 0 Å². The molecule has 0 aliphatic rings. The topological polar surface area (TPSA) is 43.4 Å². The van der Waals surface area contributed by atoms with Crippen LogP contribution in [0.1, 0.15) is 39.0 Å². The van der Waals surface area contributed by atoms with Crippen LogP contribution in [0.5, 0.6) is 5.75 Å². The van der Waals surface area contributed by atoms with Crippen molar-refractivity contribution in [3.8, 4) is 5.75 Å². The largest absolute Gasteiger partial charge is 0.493 e. The molecule has 0 saturated heterocycles. The normalized spacial score (nSPS) is 12.8. The van der Waals surface area contributed by atoms with Crippen molar-refractivity contribution in [1.29, 1.82) is 0 Å². The fourth-order valence-electron chi connectivity index (χ4n) is 5.07. The maximum atomic E-state index is 13.8. The van der Waals surface area contributed by atoms with Crippen molar-refractivity contribution in [2.75, 3.05) is 6.61 Å². The van der Waals surface area contributed by atoms with Gasteiger partial charge in [-0.15, -0.1) is 22.7 Å². The summed E-state index contributed by atoms with van der Waals surface area (Å²) >= 11 is 2.83. The summed E-state index contributed by atoms with van der Waals surface area (Å²) in [4.78, 5) is 27.4. The zero-order chi connectivity index (χ0) is 24.6. The zero-order valence-electron chi connectivity index (χ0n) is 20.1. The van der Waals surface area contributed by atoms with Crippen LogP contribution in [0.25, 0.3) is 41.7 Å². The van der Waals surface area contributed by atoms with E-state index in [2.05, 4.69) is 6.92 Å². The highest BCUT2D eigenvalue weighted by molar-refractivity contribution is 7.20. The second-order valence-corrected chi connectivity index (χ2v) is 11.3. The number of ether oxygens (including phenoxy) is 1. The van der Waals surface area contributed by atoms with E-state index >= 15 is 0 Å². The van der Waals surface area contributed by atoms with Gasteiger partial charge in [0, 0.05) is 36.3 Å². The van der Waals surface area contributed by atoms with Crippen LogP contribution in [0.2, 0.25) is 0 Å². The van der Waals surface area contributed by atoms with Gasteiger partial charge < -0.3 is 4.74 Å². The van der Waals surface area contributed by atoms with Gasteiger partial charge in [-0.25, -0.2) is 0 Å². The molecule has 0 fully saturated rings. The third-order valence-corrected chi connectivity index (χ3v) is 9.30. The molecule has 0 aliphatic carbocycles. The summed E-state index contributed by atoms with van der Waals surface area (Å²) in [5, 5.41) is 5.22. The van der Waals surface area contributed by atoms with Crippen LogP contribution >= 0.6 is 22.7 Å². The van der Waals surface area contributed by atoms with Gasteiger partial charge in [0.15, 0.2) is 0 Å². The van der Waals surface area contributed by atoms with Gasteiger partial charge in [0.1, 0.15) is 5.75 Å². The Balaban J connectivity index is 1.56. The van der Waals surface area contributed by atoms with Crippen LogP contribution in [-0.2, 0) is 0 Å². The predicted molar refractivity (Wildman–Crippen MR) is 154 cm³/mol. The molecule has 4 aromatic carbocycles. The van der Waals surface area contributed by atoms with Gasteiger partial charge in [-0.2, -0.15) is 0 Å². The predicted octanol–water partition coefficient (Wildman–Crippen LogP) is 8.22. The Morgan fingerprint density at radius 3 is 2.00 bits per heavy atom. The lowest BCUT2D eigenvalue weighted by atomic mass is 10.1. The molecule has 3 nitrogen and oxygen atoms in total. The fourth-order valence-corrected chi connectivity index (χ4v) is 7.48. The minimum absolute atomic E-state index is 0.0706. The molecule has 0 amide bonds. The van der Waals surface area contributed by atoms with Crippen LogP contribution in [0.4, 0.5) is 0 Å². The fraction of sp³-hybridized carbons (Fsp3) is 0.226. The summed E-state index contributed by atoms with van der Waals surface area (Å²) < 4.78 is 9.20. The van der Waals surface area contributed by atoms with Gasteiger partial charge in [-0.1, -0.05) is 75.1 Å². The van der Waals surface area contributed by atoms with Gasteiger partial charge in [-0.05, 0) is 36.1 Å². The molecule has 0 saturated carbocycles. The van der Waals surface area contributed by atoms with E-state index in [0.29, 0.717) is 26.4 Å². The molecule has 6 aromatic rings. The number of unbranched alkanes of at least 4 members (excludes halogenated alkanes) is 4. The summed E-state index contributed by atoms with van der Waals surface area (Å²) in [5.74, 6) is 0.819. The van der Waals surface area contributed by atoms with E-state index in [0.717, 1.165) is 43.1 Å². The number of hydrogen-bond acceptors (Lipinski definition) is 5. The van der Waals surface area contributed by atoms with Crippen molar-refractivity contribution in [2.24, 2.45) is 0 Å². The van der Waals surface area contributed by atoms with Crippen molar-refractivity contribution in [2.45, 2.75) is 39.0 Å². The van der Waals surface area contributed by atoms with E-state index in [9.17, 15) is 9.59 Å². The second kappa shape index (κ2) is 9.64. The van der Waals surface area contributed by atoms with E-state index in [-0.39, 0.29) is 10.9 Å². The van der Waals surface area contributed by atoms with Crippen LogP contribution < -0.4 is 15.6 Å². The van der Waals surface area contributed by atoms with E-state index in [1.165, 1.54) is 48.4 Å². The number of benzene rings is 4. The standard InChI is InChI=1S/C31H26O3S2/c1-2-3-4-5-6-18-34-23-17-16-22-27-20(23)12-9-15-25(27)36-31(29(22)33)30-28(32)21-13-7-10-19-11-8-14-24(35-30)26(19)21/h7-17H,2-6,18H2,1H3/b31-30+. The molecule has 0 spiro atoms. The third kappa shape index (κ3) is 3.87. The van der Waals surface area contributed by atoms with Crippen molar-refractivity contribution in [3.63, 3.8) is 0 Å². The minimum Gasteiger partial charge on any atom is -0.493 e. The van der Waals surface area contributed by atoms with E-state index in [1.54, 1.807) is 0 Å². The Morgan fingerprint density at radius 2 is 1.25 bits per heavy atom. The molecule has 180 valence electrons. The van der Waals surface area contributed by atoms with Crippen molar-refractivity contribution >= 4 is 64.4 Å². The summed E-state index contributed by atoms with van der Waals surface area (Å²) in [7, 11) is 0. The highest BCUT2D eigenvalue weighted by Crippen LogP contribution is 2.35. The molecule has 5 heteroatoms. The van der Waals surface area contributed by atoms with Crippen LogP contribution in [-0.4, -0.2) is 6.61 Å². The molecule has 2 aromatic heterocycles. The number of rotatable bonds is 7. The number of hydrogen-bond donors (Lipinski definition) is 0. The molecule has 0 bridgehead atoms. The molecule has 36 heavy (non-hydrogen) atoms. The molecule has 6 rings (SSSR count). The van der Waals surface area contributed by atoms with Gasteiger partial charge in [0.05, 0.1) is 15.7 Å². The summed E-state index contributed by atoms with van der Waals surface area (Å²) in [6.07, 6.45) is 5.93. The van der Waals surface area contributed by atoms with Crippen molar-refractivity contribution in [3.05, 3.63) is 96.2 Å². The van der Waals surface area contributed by atoms with Crippen molar-refractivity contribution in [1.82, 2.24) is 0 Å². The molecule has 0 unspecified atom stereocenters. The van der Waals surface area contributed by atoms with E-state index in [4.69, 9.17) is 4.74 Å². The van der Waals surface area contributed by atoms with Gasteiger partial charge in [-0.3, -0.25) is 9.59 Å². The molecule has 0 aliphatic heterocycles. The molecule has 2 heterocycles. The highest BCUT2D eigenvalue weighted by atomic mass is 32.1. The Hall–Kier alpha value is -3.28. The zero-order valence-corrected chi connectivity index (χ0v) is 21.8. The first-order chi connectivity index (χ1) is 17.7. The smallest absolute Gasteiger partial charge is 0.205 e.